The summed E-state index contributed by atoms with van der Waals surface area (Å²) in [5.74, 6) is -0.451. The predicted molar refractivity (Wildman–Crippen MR) is 81.2 cm³/mol. The van der Waals surface area contributed by atoms with Gasteiger partial charge in [-0.25, -0.2) is 4.79 Å². The number of aryl methyl sites for hydroxylation is 1. The Bertz CT molecular complexity index is 753. The quantitative estimate of drug-likeness (QED) is 0.522. The third-order valence-electron chi connectivity index (χ3n) is 3.05. The summed E-state index contributed by atoms with van der Waals surface area (Å²) in [5.41, 5.74) is 6.53. The number of nitrogen functional groups attached to an aromatic ring is 1. The van der Waals surface area contributed by atoms with Crippen LogP contribution < -0.4 is 11.4 Å². The molecule has 1 heterocycles. The zero-order valence-corrected chi connectivity index (χ0v) is 12.6. The maximum absolute atomic E-state index is 12.1. The van der Waals surface area contributed by atoms with Gasteiger partial charge in [0.15, 0.2) is 0 Å². The molecule has 0 fully saturated rings. The van der Waals surface area contributed by atoms with E-state index in [0.29, 0.717) is 22.4 Å². The summed E-state index contributed by atoms with van der Waals surface area (Å²) in [4.78, 5) is 24.0. The highest BCUT2D eigenvalue weighted by atomic mass is 16.6. The minimum absolute atomic E-state index is 0.105. The van der Waals surface area contributed by atoms with E-state index >= 15 is 0 Å². The minimum atomic E-state index is -0.587. The number of rotatable bonds is 2. The van der Waals surface area contributed by atoms with Crippen LogP contribution in [0.25, 0.3) is 11.0 Å². The van der Waals surface area contributed by atoms with Gasteiger partial charge in [-0.05, 0) is 45.4 Å². The van der Waals surface area contributed by atoms with Crippen molar-refractivity contribution in [3.63, 3.8) is 0 Å². The zero-order valence-electron chi connectivity index (χ0n) is 12.6. The van der Waals surface area contributed by atoms with Gasteiger partial charge < -0.3 is 14.9 Å². The summed E-state index contributed by atoms with van der Waals surface area (Å²) in [6.07, 6.45) is -0.105. The summed E-state index contributed by atoms with van der Waals surface area (Å²) < 4.78 is 10.5. The number of esters is 1. The highest BCUT2D eigenvalue weighted by Crippen LogP contribution is 2.22. The Hall–Kier alpha value is -2.30. The van der Waals surface area contributed by atoms with Crippen LogP contribution in [0.1, 0.15) is 31.9 Å². The lowest BCUT2D eigenvalue weighted by Gasteiger charge is -2.19. The first-order valence-corrected chi connectivity index (χ1v) is 6.71. The van der Waals surface area contributed by atoms with Crippen molar-refractivity contribution in [3.05, 3.63) is 39.7 Å². The molecule has 0 aliphatic rings. The van der Waals surface area contributed by atoms with Crippen LogP contribution in [0.2, 0.25) is 0 Å². The summed E-state index contributed by atoms with van der Waals surface area (Å²) >= 11 is 0. The van der Waals surface area contributed by atoms with Gasteiger partial charge in [0.2, 0.25) is 0 Å². The molecule has 0 bridgehead atoms. The average molecular weight is 289 g/mol. The predicted octanol–water partition coefficient (Wildman–Crippen LogP) is 2.57. The Morgan fingerprint density at radius 1 is 1.33 bits per heavy atom. The third-order valence-corrected chi connectivity index (χ3v) is 3.05. The first-order chi connectivity index (χ1) is 9.67. The van der Waals surface area contributed by atoms with E-state index in [0.717, 1.165) is 5.39 Å². The van der Waals surface area contributed by atoms with Crippen molar-refractivity contribution in [1.29, 1.82) is 0 Å². The number of carbonyl (C=O) groups is 1. The second kappa shape index (κ2) is 5.24. The molecular weight excluding hydrogens is 270 g/mol. The molecule has 0 aliphatic carbocycles. The third kappa shape index (κ3) is 3.42. The van der Waals surface area contributed by atoms with Crippen molar-refractivity contribution in [2.75, 3.05) is 5.73 Å². The topological polar surface area (TPSA) is 82.5 Å². The summed E-state index contributed by atoms with van der Waals surface area (Å²) in [5, 5.41) is 0.766. The SMILES string of the molecule is Cc1c(CC(=O)OC(C)(C)C)c(=O)oc2cc(N)ccc12. The molecule has 0 radical (unpaired) electrons. The molecule has 2 aromatic rings. The number of carbonyl (C=O) groups excluding carboxylic acids is 1. The lowest BCUT2D eigenvalue weighted by molar-refractivity contribution is -0.153. The van der Waals surface area contributed by atoms with Crippen LogP contribution in [0.3, 0.4) is 0 Å². The normalized spacial score (nSPS) is 11.6. The van der Waals surface area contributed by atoms with E-state index in [1.807, 2.05) is 0 Å². The Kier molecular flexibility index (Phi) is 3.77. The Balaban J connectivity index is 2.43. The molecule has 1 aromatic heterocycles. The van der Waals surface area contributed by atoms with Crippen molar-refractivity contribution in [2.45, 2.75) is 39.7 Å². The Morgan fingerprint density at radius 3 is 2.62 bits per heavy atom. The van der Waals surface area contributed by atoms with Gasteiger partial charge in [-0.15, -0.1) is 0 Å². The maximum Gasteiger partial charge on any atom is 0.340 e. The fourth-order valence-electron chi connectivity index (χ4n) is 2.14. The number of anilines is 1. The molecule has 21 heavy (non-hydrogen) atoms. The van der Waals surface area contributed by atoms with Gasteiger partial charge >= 0.3 is 11.6 Å². The van der Waals surface area contributed by atoms with Crippen molar-refractivity contribution in [3.8, 4) is 0 Å². The van der Waals surface area contributed by atoms with Gasteiger partial charge in [0.05, 0.1) is 12.0 Å². The fraction of sp³-hybridized carbons (Fsp3) is 0.375. The molecule has 5 nitrogen and oxygen atoms in total. The number of nitrogens with two attached hydrogens (primary N) is 1. The molecule has 0 atom stereocenters. The molecule has 0 spiro atoms. The van der Waals surface area contributed by atoms with Crippen LogP contribution in [0, 0.1) is 6.92 Å². The van der Waals surface area contributed by atoms with Gasteiger partial charge in [0.1, 0.15) is 11.2 Å². The average Bonchev–Trinajstić information content (AvgIpc) is 2.31. The Morgan fingerprint density at radius 2 is 2.00 bits per heavy atom. The van der Waals surface area contributed by atoms with E-state index in [4.69, 9.17) is 14.9 Å². The van der Waals surface area contributed by atoms with Crippen LogP contribution in [-0.4, -0.2) is 11.6 Å². The van der Waals surface area contributed by atoms with Crippen LogP contribution in [-0.2, 0) is 16.0 Å². The molecule has 112 valence electrons. The summed E-state index contributed by atoms with van der Waals surface area (Å²) in [7, 11) is 0. The number of hydrogen-bond donors (Lipinski definition) is 1. The van der Waals surface area contributed by atoms with Gasteiger partial charge in [0.25, 0.3) is 0 Å². The van der Waals surface area contributed by atoms with Crippen molar-refractivity contribution >= 4 is 22.6 Å². The molecule has 0 saturated heterocycles. The molecule has 1 aromatic carbocycles. The van der Waals surface area contributed by atoms with Gasteiger partial charge in [-0.3, -0.25) is 4.79 Å². The van der Waals surface area contributed by atoms with Crippen LogP contribution >= 0.6 is 0 Å². The summed E-state index contributed by atoms with van der Waals surface area (Å²) in [6, 6.07) is 5.11. The monoisotopic (exact) mass is 289 g/mol. The van der Waals surface area contributed by atoms with E-state index in [9.17, 15) is 9.59 Å². The number of benzene rings is 1. The second-order valence-electron chi connectivity index (χ2n) is 6.01. The second-order valence-corrected chi connectivity index (χ2v) is 6.01. The molecule has 5 heteroatoms. The van der Waals surface area contributed by atoms with Gasteiger partial charge in [0, 0.05) is 17.1 Å². The largest absolute Gasteiger partial charge is 0.460 e. The Labute approximate surface area is 122 Å². The van der Waals surface area contributed by atoms with Gasteiger partial charge in [-0.1, -0.05) is 0 Å². The van der Waals surface area contributed by atoms with Crippen LogP contribution in [0.15, 0.2) is 27.4 Å². The first-order valence-electron chi connectivity index (χ1n) is 6.71. The van der Waals surface area contributed by atoms with E-state index in [1.54, 1.807) is 45.9 Å². The summed E-state index contributed by atoms with van der Waals surface area (Å²) in [6.45, 7) is 7.13. The minimum Gasteiger partial charge on any atom is -0.460 e. The van der Waals surface area contributed by atoms with E-state index in [1.165, 1.54) is 0 Å². The molecule has 0 aliphatic heterocycles. The maximum atomic E-state index is 12.1. The molecule has 0 saturated carbocycles. The van der Waals surface area contributed by atoms with E-state index in [2.05, 4.69) is 0 Å². The fourth-order valence-corrected chi connectivity index (χ4v) is 2.14. The smallest absolute Gasteiger partial charge is 0.340 e. The van der Waals surface area contributed by atoms with Crippen LogP contribution in [0.4, 0.5) is 5.69 Å². The zero-order chi connectivity index (χ0) is 15.8. The number of hydrogen-bond acceptors (Lipinski definition) is 5. The van der Waals surface area contributed by atoms with Crippen molar-refractivity contribution in [2.24, 2.45) is 0 Å². The molecular formula is C16H19NO4. The first kappa shape index (κ1) is 15.1. The molecule has 0 unspecified atom stereocenters. The lowest BCUT2D eigenvalue weighted by atomic mass is 10.0. The van der Waals surface area contributed by atoms with E-state index < -0.39 is 17.2 Å². The van der Waals surface area contributed by atoms with Crippen molar-refractivity contribution in [1.82, 2.24) is 0 Å². The lowest BCUT2D eigenvalue weighted by Crippen LogP contribution is -2.26. The number of fused-ring (bicyclic) bond motifs is 1. The highest BCUT2D eigenvalue weighted by molar-refractivity contribution is 5.85. The molecule has 2 rings (SSSR count). The number of ether oxygens (including phenoxy) is 1. The van der Waals surface area contributed by atoms with E-state index in [-0.39, 0.29) is 6.42 Å². The highest BCUT2D eigenvalue weighted by Gasteiger charge is 2.20. The standard InChI is InChI=1S/C16H19NO4/c1-9-11-6-5-10(17)7-13(11)20-15(19)12(9)8-14(18)21-16(2,3)4/h5-7H,8,17H2,1-4H3. The van der Waals surface area contributed by atoms with Crippen molar-refractivity contribution < 1.29 is 13.9 Å². The van der Waals surface area contributed by atoms with Crippen LogP contribution in [0.5, 0.6) is 0 Å². The van der Waals surface area contributed by atoms with Gasteiger partial charge in [-0.2, -0.15) is 0 Å². The molecule has 0 amide bonds. The molecule has 2 N–H and O–H groups in total.